The molecule has 3 amide bonds. The van der Waals surface area contributed by atoms with E-state index in [-0.39, 0.29) is 11.5 Å². The van der Waals surface area contributed by atoms with Gasteiger partial charge in [0, 0.05) is 40.1 Å². The molecule has 3 aromatic carbocycles. The Labute approximate surface area is 277 Å². The first kappa shape index (κ1) is 32.2. The second-order valence-electron chi connectivity index (χ2n) is 9.75. The Morgan fingerprint density at radius 3 is 2.52 bits per heavy atom. The molecule has 0 atom stereocenters. The number of carbonyl (C=O) groups excluding carboxylic acids is 3. The molecule has 0 spiro atoms. The highest BCUT2D eigenvalue weighted by Gasteiger charge is 2.36. The lowest BCUT2D eigenvalue weighted by molar-refractivity contribution is -0.127. The van der Waals surface area contributed by atoms with Gasteiger partial charge in [-0.3, -0.25) is 19.3 Å². The molecule has 13 heteroatoms. The van der Waals surface area contributed by atoms with Crippen LogP contribution in [0.4, 0.5) is 16.2 Å². The summed E-state index contributed by atoms with van der Waals surface area (Å²) >= 11 is 16.6. The zero-order valence-electron chi connectivity index (χ0n) is 23.6. The molecule has 0 bridgehead atoms. The van der Waals surface area contributed by atoms with Crippen LogP contribution in [0.2, 0.25) is 10.0 Å². The summed E-state index contributed by atoms with van der Waals surface area (Å²) < 4.78 is 17.8. The molecule has 2 aliphatic heterocycles. The second kappa shape index (κ2) is 14.7. The Morgan fingerprint density at radius 2 is 1.82 bits per heavy atom. The van der Waals surface area contributed by atoms with Gasteiger partial charge in [-0.05, 0) is 94.8 Å². The molecule has 2 aliphatic rings. The number of nitrogens with zero attached hydrogens (tertiary/aromatic N) is 2. The Bertz CT molecular complexity index is 1600. The smallest absolute Gasteiger partial charge is 0.294 e. The van der Waals surface area contributed by atoms with Gasteiger partial charge in [0.05, 0.1) is 29.2 Å². The van der Waals surface area contributed by atoms with Crippen LogP contribution >= 0.6 is 50.9 Å². The van der Waals surface area contributed by atoms with Crippen molar-refractivity contribution in [2.45, 2.75) is 13.5 Å². The Morgan fingerprint density at radius 1 is 1.07 bits per heavy atom. The highest BCUT2D eigenvalue weighted by Crippen LogP contribution is 2.40. The summed E-state index contributed by atoms with van der Waals surface area (Å²) in [4.78, 5) is 41.9. The predicted molar refractivity (Wildman–Crippen MR) is 177 cm³/mol. The van der Waals surface area contributed by atoms with E-state index in [0.717, 1.165) is 41.0 Å². The first-order chi connectivity index (χ1) is 21.2. The second-order valence-corrected chi connectivity index (χ2v) is 12.4. The minimum absolute atomic E-state index is 0.174. The molecule has 2 fully saturated rings. The fourth-order valence-electron chi connectivity index (χ4n) is 4.57. The highest BCUT2D eigenvalue weighted by molar-refractivity contribution is 9.10. The van der Waals surface area contributed by atoms with E-state index in [1.807, 2.05) is 19.1 Å². The quantitative estimate of drug-likeness (QED) is 0.219. The van der Waals surface area contributed by atoms with Crippen molar-refractivity contribution in [3.63, 3.8) is 0 Å². The molecule has 44 heavy (non-hydrogen) atoms. The first-order valence-corrected chi connectivity index (χ1v) is 16.1. The van der Waals surface area contributed by atoms with Gasteiger partial charge in [0.15, 0.2) is 11.5 Å². The maximum atomic E-state index is 13.1. The van der Waals surface area contributed by atoms with Crippen molar-refractivity contribution in [3.05, 3.63) is 85.1 Å². The van der Waals surface area contributed by atoms with Crippen molar-refractivity contribution in [2.75, 3.05) is 49.7 Å². The van der Waals surface area contributed by atoms with E-state index in [1.165, 1.54) is 0 Å². The molecular formula is C31H28BrCl2N3O6S. The third-order valence-electron chi connectivity index (χ3n) is 6.72. The summed E-state index contributed by atoms with van der Waals surface area (Å²) in [5, 5.41) is 3.24. The fourth-order valence-corrected chi connectivity index (χ4v) is 6.45. The van der Waals surface area contributed by atoms with Crippen molar-refractivity contribution in [1.82, 2.24) is 4.90 Å². The molecule has 0 unspecified atom stereocenters. The Balaban J connectivity index is 1.24. The SMILES string of the molecule is CCOc1cc(/C=C2\SC(=O)N(CC(=O)Nc3ccc(N4CCOCC4)cc3)C2=O)cc(Br)c1OCc1ccc(Cl)cc1Cl. The van der Waals surface area contributed by atoms with Crippen LogP contribution < -0.4 is 19.7 Å². The number of thioether (sulfide) groups is 1. The zero-order chi connectivity index (χ0) is 31.2. The first-order valence-electron chi connectivity index (χ1n) is 13.7. The number of nitrogens with one attached hydrogen (secondary N) is 1. The number of ether oxygens (including phenoxy) is 3. The number of morpholine rings is 1. The van der Waals surface area contributed by atoms with Gasteiger partial charge in [0.1, 0.15) is 13.2 Å². The van der Waals surface area contributed by atoms with E-state index in [4.69, 9.17) is 37.4 Å². The maximum Gasteiger partial charge on any atom is 0.294 e. The molecule has 0 radical (unpaired) electrons. The average Bonchev–Trinajstić information content (AvgIpc) is 3.25. The van der Waals surface area contributed by atoms with Gasteiger partial charge in [0.2, 0.25) is 5.91 Å². The highest BCUT2D eigenvalue weighted by atomic mass is 79.9. The summed E-state index contributed by atoms with van der Waals surface area (Å²) in [5.41, 5.74) is 2.96. The maximum absolute atomic E-state index is 13.1. The molecule has 2 heterocycles. The van der Waals surface area contributed by atoms with Gasteiger partial charge < -0.3 is 24.4 Å². The zero-order valence-corrected chi connectivity index (χ0v) is 27.5. The monoisotopic (exact) mass is 719 g/mol. The lowest BCUT2D eigenvalue weighted by Gasteiger charge is -2.28. The van der Waals surface area contributed by atoms with E-state index in [9.17, 15) is 14.4 Å². The normalized spacial score (nSPS) is 16.0. The summed E-state index contributed by atoms with van der Waals surface area (Å²) in [6.45, 7) is 4.95. The standard InChI is InChI=1S/C31H28BrCl2N3O6S/c1-2-42-26-14-19(13-24(32)29(26)43-18-20-3-4-21(33)16-25(20)34)15-27-30(39)37(31(40)44-27)17-28(38)35-22-5-7-23(8-6-22)36-9-11-41-12-10-36/h3-8,13-16H,2,9-12,17-18H2,1H3,(H,35,38)/b27-15-. The summed E-state index contributed by atoms with van der Waals surface area (Å²) in [5.74, 6) is -0.129. The fraction of sp³-hybridized carbons (Fsp3) is 0.258. The molecule has 230 valence electrons. The molecule has 0 aromatic heterocycles. The number of benzene rings is 3. The van der Waals surface area contributed by atoms with E-state index < -0.39 is 23.6 Å². The number of halogens is 3. The molecule has 1 N–H and O–H groups in total. The molecule has 5 rings (SSSR count). The third-order valence-corrected chi connectivity index (χ3v) is 8.80. The van der Waals surface area contributed by atoms with Crippen molar-refractivity contribution in [1.29, 1.82) is 0 Å². The lowest BCUT2D eigenvalue weighted by Crippen LogP contribution is -2.36. The van der Waals surface area contributed by atoms with Crippen LogP contribution in [0.1, 0.15) is 18.1 Å². The van der Waals surface area contributed by atoms with Gasteiger partial charge in [0.25, 0.3) is 11.1 Å². The summed E-state index contributed by atoms with van der Waals surface area (Å²) in [6.07, 6.45) is 1.58. The number of amides is 3. The number of carbonyl (C=O) groups is 3. The number of imide groups is 1. The predicted octanol–water partition coefficient (Wildman–Crippen LogP) is 7.25. The Kier molecular flexibility index (Phi) is 10.8. The van der Waals surface area contributed by atoms with Crippen LogP contribution in [0.25, 0.3) is 6.08 Å². The summed E-state index contributed by atoms with van der Waals surface area (Å²) in [6, 6.07) is 16.0. The minimum atomic E-state index is -0.551. The van der Waals surface area contributed by atoms with E-state index in [1.54, 1.807) is 48.5 Å². The lowest BCUT2D eigenvalue weighted by atomic mass is 10.1. The van der Waals surface area contributed by atoms with Gasteiger partial charge in [-0.15, -0.1) is 0 Å². The van der Waals surface area contributed by atoms with Crippen molar-refractivity contribution < 1.29 is 28.6 Å². The molecule has 3 aromatic rings. The molecule has 9 nitrogen and oxygen atoms in total. The van der Waals surface area contributed by atoms with Gasteiger partial charge >= 0.3 is 0 Å². The molecule has 0 saturated carbocycles. The van der Waals surface area contributed by atoms with Crippen molar-refractivity contribution >= 4 is 85.4 Å². The van der Waals surface area contributed by atoms with Crippen LogP contribution in [-0.4, -0.2) is 61.4 Å². The number of hydrogen-bond donors (Lipinski definition) is 1. The van der Waals surface area contributed by atoms with Crippen LogP contribution in [0.15, 0.2) is 64.0 Å². The number of anilines is 2. The van der Waals surface area contributed by atoms with Crippen molar-refractivity contribution in [2.24, 2.45) is 0 Å². The van der Waals surface area contributed by atoms with Crippen LogP contribution in [0.3, 0.4) is 0 Å². The van der Waals surface area contributed by atoms with Gasteiger partial charge in [-0.2, -0.15) is 0 Å². The van der Waals surface area contributed by atoms with E-state index in [0.29, 0.717) is 57.1 Å². The molecule has 0 aliphatic carbocycles. The average molecular weight is 721 g/mol. The third kappa shape index (κ3) is 7.89. The Hall–Kier alpha value is -3.22. The van der Waals surface area contributed by atoms with Crippen LogP contribution in [0.5, 0.6) is 11.5 Å². The van der Waals surface area contributed by atoms with Crippen LogP contribution in [0, 0.1) is 0 Å². The molecular weight excluding hydrogens is 693 g/mol. The summed E-state index contributed by atoms with van der Waals surface area (Å²) in [7, 11) is 0. The van der Waals surface area contributed by atoms with E-state index >= 15 is 0 Å². The topological polar surface area (TPSA) is 97.4 Å². The number of rotatable bonds is 10. The van der Waals surface area contributed by atoms with Gasteiger partial charge in [-0.1, -0.05) is 29.3 Å². The van der Waals surface area contributed by atoms with E-state index in [2.05, 4.69) is 26.1 Å². The van der Waals surface area contributed by atoms with Gasteiger partial charge in [-0.25, -0.2) is 0 Å². The van der Waals surface area contributed by atoms with Crippen molar-refractivity contribution in [3.8, 4) is 11.5 Å². The van der Waals surface area contributed by atoms with Crippen LogP contribution in [-0.2, 0) is 20.9 Å². The molecule has 2 saturated heterocycles. The number of hydrogen-bond acceptors (Lipinski definition) is 8. The minimum Gasteiger partial charge on any atom is -0.490 e. The largest absolute Gasteiger partial charge is 0.490 e.